The number of aliphatic carboxylic acids is 1. The van der Waals surface area contributed by atoms with Gasteiger partial charge in [-0.25, -0.2) is 4.79 Å². The van der Waals surface area contributed by atoms with Crippen molar-refractivity contribution in [3.63, 3.8) is 0 Å². The highest BCUT2D eigenvalue weighted by atomic mass is 32.1. The normalized spacial score (nSPS) is 11.2. The molecule has 1 heterocycles. The van der Waals surface area contributed by atoms with Crippen LogP contribution in [0.2, 0.25) is 0 Å². The summed E-state index contributed by atoms with van der Waals surface area (Å²) in [6.07, 6.45) is 2.63. The van der Waals surface area contributed by atoms with Gasteiger partial charge in [0, 0.05) is 17.5 Å². The molecule has 0 aliphatic rings. The summed E-state index contributed by atoms with van der Waals surface area (Å²) in [6, 6.07) is 1.89. The number of nitrogens with two attached hydrogens (primary N) is 1. The summed E-state index contributed by atoms with van der Waals surface area (Å²) >= 11 is 1.52. The molecule has 0 aromatic carbocycles. The molecule has 0 spiro atoms. The molecule has 3 N–H and O–H groups in total. The summed E-state index contributed by atoms with van der Waals surface area (Å²) in [5.41, 5.74) is 5.93. The number of hydrogen-bond acceptors (Lipinski definition) is 4. The van der Waals surface area contributed by atoms with E-state index in [1.807, 2.05) is 11.4 Å². The zero-order valence-corrected chi connectivity index (χ0v) is 10.2. The monoisotopic (exact) mass is 254 g/mol. The maximum Gasteiger partial charge on any atom is 0.328 e. The molecule has 0 atom stereocenters. The second-order valence-electron chi connectivity index (χ2n) is 3.66. The van der Waals surface area contributed by atoms with Crippen molar-refractivity contribution in [2.45, 2.75) is 6.54 Å². The SMILES string of the molecule is CN(CC(N)=O)Cc1cc(C=CC(=O)O)cs1. The number of hydrogen-bond donors (Lipinski definition) is 2. The van der Waals surface area contributed by atoms with E-state index in [0.717, 1.165) is 16.5 Å². The molecule has 0 fully saturated rings. The van der Waals surface area contributed by atoms with Gasteiger partial charge in [-0.3, -0.25) is 9.69 Å². The molecule has 6 heteroatoms. The third-order valence-electron chi connectivity index (χ3n) is 1.94. The van der Waals surface area contributed by atoms with Gasteiger partial charge in [0.25, 0.3) is 0 Å². The average Bonchev–Trinajstić information content (AvgIpc) is 2.61. The second kappa shape index (κ2) is 6.17. The lowest BCUT2D eigenvalue weighted by atomic mass is 10.3. The fraction of sp³-hybridized carbons (Fsp3) is 0.273. The Balaban J connectivity index is 2.56. The van der Waals surface area contributed by atoms with E-state index in [0.29, 0.717) is 6.54 Å². The van der Waals surface area contributed by atoms with Crippen LogP contribution in [0.1, 0.15) is 10.4 Å². The van der Waals surface area contributed by atoms with Gasteiger partial charge >= 0.3 is 5.97 Å². The predicted molar refractivity (Wildman–Crippen MR) is 66.5 cm³/mol. The molecule has 0 bridgehead atoms. The molecule has 0 aliphatic heterocycles. The second-order valence-corrected chi connectivity index (χ2v) is 4.65. The van der Waals surface area contributed by atoms with Crippen LogP contribution in [-0.2, 0) is 16.1 Å². The molecule has 0 saturated heterocycles. The van der Waals surface area contributed by atoms with Crippen LogP contribution in [0.25, 0.3) is 6.08 Å². The van der Waals surface area contributed by atoms with Crippen LogP contribution in [-0.4, -0.2) is 35.5 Å². The summed E-state index contributed by atoms with van der Waals surface area (Å²) in [7, 11) is 1.80. The summed E-state index contributed by atoms with van der Waals surface area (Å²) in [6.45, 7) is 0.826. The number of carboxylic acids is 1. The van der Waals surface area contributed by atoms with Gasteiger partial charge in [-0.2, -0.15) is 0 Å². The molecule has 92 valence electrons. The number of rotatable bonds is 6. The number of likely N-dealkylation sites (N-methyl/N-ethyl adjacent to an activating group) is 1. The Hall–Kier alpha value is -1.66. The maximum atomic E-state index is 10.7. The average molecular weight is 254 g/mol. The molecule has 0 unspecified atom stereocenters. The highest BCUT2D eigenvalue weighted by molar-refractivity contribution is 7.10. The Morgan fingerprint density at radius 1 is 1.59 bits per heavy atom. The number of nitrogens with zero attached hydrogens (tertiary/aromatic N) is 1. The Kier molecular flexibility index (Phi) is 4.86. The molecular formula is C11H14N2O3S. The summed E-state index contributed by atoms with van der Waals surface area (Å²) in [5, 5.41) is 10.4. The van der Waals surface area contributed by atoms with Crippen LogP contribution >= 0.6 is 11.3 Å². The number of carboxylic acid groups (broad SMARTS) is 1. The van der Waals surface area contributed by atoms with Crippen LogP contribution in [0.3, 0.4) is 0 Å². The van der Waals surface area contributed by atoms with Crippen LogP contribution in [0.15, 0.2) is 17.5 Å². The molecule has 1 rings (SSSR count). The predicted octanol–water partition coefficient (Wildman–Crippen LogP) is 0.763. The smallest absolute Gasteiger partial charge is 0.328 e. The zero-order valence-electron chi connectivity index (χ0n) is 9.42. The van der Waals surface area contributed by atoms with Gasteiger partial charge in [0.1, 0.15) is 0 Å². The number of amides is 1. The number of primary amides is 1. The molecule has 1 aromatic heterocycles. The number of thiophene rings is 1. The lowest BCUT2D eigenvalue weighted by Gasteiger charge is -2.12. The van der Waals surface area contributed by atoms with Crippen molar-refractivity contribution in [3.8, 4) is 0 Å². The molecule has 1 amide bonds. The van der Waals surface area contributed by atoms with Crippen molar-refractivity contribution in [1.82, 2.24) is 4.90 Å². The molecule has 0 saturated carbocycles. The van der Waals surface area contributed by atoms with Gasteiger partial charge in [0.15, 0.2) is 0 Å². The minimum Gasteiger partial charge on any atom is -0.478 e. The Labute approximate surface area is 103 Å². The summed E-state index contributed by atoms with van der Waals surface area (Å²) in [5.74, 6) is -1.33. The van der Waals surface area contributed by atoms with Crippen molar-refractivity contribution in [2.24, 2.45) is 5.73 Å². The highest BCUT2D eigenvalue weighted by Gasteiger charge is 2.05. The van der Waals surface area contributed by atoms with E-state index < -0.39 is 5.97 Å². The minimum atomic E-state index is -0.969. The summed E-state index contributed by atoms with van der Waals surface area (Å²) < 4.78 is 0. The third kappa shape index (κ3) is 5.28. The molecule has 0 radical (unpaired) electrons. The van der Waals surface area contributed by atoms with Crippen LogP contribution in [0, 0.1) is 0 Å². The Morgan fingerprint density at radius 3 is 2.88 bits per heavy atom. The first-order chi connectivity index (χ1) is 7.97. The quantitative estimate of drug-likeness (QED) is 0.734. The van der Waals surface area contributed by atoms with Gasteiger partial charge in [-0.05, 0) is 30.1 Å². The fourth-order valence-corrected chi connectivity index (χ4v) is 2.26. The largest absolute Gasteiger partial charge is 0.478 e. The maximum absolute atomic E-state index is 10.7. The summed E-state index contributed by atoms with van der Waals surface area (Å²) in [4.78, 5) is 23.9. The first kappa shape index (κ1) is 13.4. The third-order valence-corrected chi connectivity index (χ3v) is 2.88. The molecular weight excluding hydrogens is 240 g/mol. The van der Waals surface area contributed by atoms with Crippen molar-refractivity contribution < 1.29 is 14.7 Å². The van der Waals surface area contributed by atoms with Crippen molar-refractivity contribution in [3.05, 3.63) is 28.0 Å². The van der Waals surface area contributed by atoms with E-state index in [2.05, 4.69) is 0 Å². The lowest BCUT2D eigenvalue weighted by Crippen LogP contribution is -2.29. The zero-order chi connectivity index (χ0) is 12.8. The van der Waals surface area contributed by atoms with Gasteiger partial charge in [0.05, 0.1) is 6.54 Å². The Bertz CT molecular complexity index is 440. The van der Waals surface area contributed by atoms with Gasteiger partial charge in [-0.15, -0.1) is 11.3 Å². The van der Waals surface area contributed by atoms with E-state index in [-0.39, 0.29) is 12.5 Å². The van der Waals surface area contributed by atoms with E-state index in [1.165, 1.54) is 17.4 Å². The first-order valence-electron chi connectivity index (χ1n) is 4.92. The molecule has 1 aromatic rings. The van der Waals surface area contributed by atoms with E-state index in [1.54, 1.807) is 11.9 Å². The van der Waals surface area contributed by atoms with Crippen molar-refractivity contribution in [2.75, 3.05) is 13.6 Å². The van der Waals surface area contributed by atoms with E-state index in [9.17, 15) is 9.59 Å². The standard InChI is InChI=1S/C11H14N2O3S/c1-13(6-10(12)14)5-9-4-8(7-17-9)2-3-11(15)16/h2-4,7H,5-6H2,1H3,(H2,12,14)(H,15,16). The number of carbonyl (C=O) groups excluding carboxylic acids is 1. The fourth-order valence-electron chi connectivity index (χ4n) is 1.32. The van der Waals surface area contributed by atoms with Crippen LogP contribution < -0.4 is 5.73 Å². The topological polar surface area (TPSA) is 83.6 Å². The molecule has 0 aliphatic carbocycles. The van der Waals surface area contributed by atoms with E-state index in [4.69, 9.17) is 10.8 Å². The molecule has 5 nitrogen and oxygen atoms in total. The van der Waals surface area contributed by atoms with Gasteiger partial charge < -0.3 is 10.8 Å². The highest BCUT2D eigenvalue weighted by Crippen LogP contribution is 2.17. The van der Waals surface area contributed by atoms with Crippen LogP contribution in [0.5, 0.6) is 0 Å². The lowest BCUT2D eigenvalue weighted by molar-refractivity contribution is -0.131. The van der Waals surface area contributed by atoms with Crippen molar-refractivity contribution >= 4 is 29.3 Å². The van der Waals surface area contributed by atoms with Crippen LogP contribution in [0.4, 0.5) is 0 Å². The van der Waals surface area contributed by atoms with Crippen molar-refractivity contribution in [1.29, 1.82) is 0 Å². The first-order valence-corrected chi connectivity index (χ1v) is 5.80. The minimum absolute atomic E-state index is 0.207. The van der Waals surface area contributed by atoms with Gasteiger partial charge in [-0.1, -0.05) is 0 Å². The number of carbonyl (C=O) groups is 2. The van der Waals surface area contributed by atoms with E-state index >= 15 is 0 Å². The van der Waals surface area contributed by atoms with Gasteiger partial charge in [0.2, 0.25) is 5.91 Å². The Morgan fingerprint density at radius 2 is 2.29 bits per heavy atom. The molecule has 17 heavy (non-hydrogen) atoms.